The third kappa shape index (κ3) is 13.5. The number of hydrogen-bond donors (Lipinski definition) is 0. The molecule has 0 amide bonds. The predicted octanol–water partition coefficient (Wildman–Crippen LogP) is 3.55. The minimum Gasteiger partial charge on any atom is -0.389 e. The fourth-order valence-corrected chi connectivity index (χ4v) is 0.470. The van der Waals surface area contributed by atoms with Crippen molar-refractivity contribution in [3.8, 4) is 6.26 Å². The van der Waals surface area contributed by atoms with E-state index >= 15 is 0 Å². The number of nitrogens with zero attached hydrogens (tertiary/aromatic N) is 1. The second-order valence-electron chi connectivity index (χ2n) is 1.86. The van der Waals surface area contributed by atoms with E-state index in [1.807, 2.05) is 32.9 Å². The van der Waals surface area contributed by atoms with Gasteiger partial charge in [-0.1, -0.05) is 45.6 Å². The fourth-order valence-electron chi connectivity index (χ4n) is 0.470. The van der Waals surface area contributed by atoms with Gasteiger partial charge in [-0.05, 0) is 12.5 Å². The lowest BCUT2D eigenvalue weighted by Crippen LogP contribution is -1.74. The Labute approximate surface area is 80.8 Å². The van der Waals surface area contributed by atoms with Crippen molar-refractivity contribution in [3.05, 3.63) is 36.6 Å². The van der Waals surface area contributed by atoms with Crippen LogP contribution in [0.1, 0.15) is 27.2 Å². The molecule has 0 saturated carbocycles. The van der Waals surface area contributed by atoms with Gasteiger partial charge in [0.05, 0.1) is 0 Å². The summed E-state index contributed by atoms with van der Waals surface area (Å²) in [6.45, 7) is 9.52. The van der Waals surface area contributed by atoms with Crippen molar-refractivity contribution in [2.75, 3.05) is 0 Å². The molecular weight excluding hydrogens is 162 g/mol. The lowest BCUT2D eigenvalue weighted by molar-refractivity contribution is 0.395. The van der Waals surface area contributed by atoms with Gasteiger partial charge in [0.15, 0.2) is 0 Å². The third-order valence-electron chi connectivity index (χ3n) is 0.942. The zero-order valence-electron chi connectivity index (χ0n) is 8.58. The standard InChI is InChI=1S/C9H11NO.C2H6/c1-3-4-5-6-7-9(2)11-8-10;1-2/h4-7H,2-3H2,1H3;1-2H3/b5-4-,7-6-;. The molecule has 13 heavy (non-hydrogen) atoms. The van der Waals surface area contributed by atoms with E-state index in [1.165, 1.54) is 6.26 Å². The van der Waals surface area contributed by atoms with Gasteiger partial charge in [-0.25, -0.2) is 0 Å². The van der Waals surface area contributed by atoms with Gasteiger partial charge < -0.3 is 4.74 Å². The zero-order valence-corrected chi connectivity index (χ0v) is 8.58. The van der Waals surface area contributed by atoms with Gasteiger partial charge in [-0.15, -0.1) is 5.26 Å². The molecule has 2 nitrogen and oxygen atoms in total. The van der Waals surface area contributed by atoms with Gasteiger partial charge in [0.1, 0.15) is 5.76 Å². The molecule has 0 radical (unpaired) electrons. The van der Waals surface area contributed by atoms with Crippen LogP contribution in [0, 0.1) is 11.5 Å². The molecule has 0 bridgehead atoms. The summed E-state index contributed by atoms with van der Waals surface area (Å²) in [5.41, 5.74) is 0. The number of nitriles is 1. The highest BCUT2D eigenvalue weighted by Gasteiger charge is 1.81. The second-order valence-corrected chi connectivity index (χ2v) is 1.86. The van der Waals surface area contributed by atoms with E-state index in [1.54, 1.807) is 12.2 Å². The first kappa shape index (κ1) is 14.1. The van der Waals surface area contributed by atoms with E-state index in [9.17, 15) is 0 Å². The fraction of sp³-hybridized carbons (Fsp3) is 0.364. The molecule has 0 aliphatic rings. The number of ether oxygens (including phenoxy) is 1. The topological polar surface area (TPSA) is 33.0 Å². The SMILES string of the molecule is C=C(/C=C\C=C/CC)OC#N.CC. The Bertz CT molecular complexity index is 209. The van der Waals surface area contributed by atoms with Crippen molar-refractivity contribution < 1.29 is 4.74 Å². The Morgan fingerprint density at radius 3 is 2.54 bits per heavy atom. The van der Waals surface area contributed by atoms with E-state index in [0.717, 1.165) is 6.42 Å². The van der Waals surface area contributed by atoms with Crippen LogP contribution < -0.4 is 0 Å². The van der Waals surface area contributed by atoms with Gasteiger partial charge in [-0.2, -0.15) is 0 Å². The summed E-state index contributed by atoms with van der Waals surface area (Å²) in [5.74, 6) is 0.355. The monoisotopic (exact) mass is 179 g/mol. The summed E-state index contributed by atoms with van der Waals surface area (Å²) in [4.78, 5) is 0. The molecule has 0 N–H and O–H groups in total. The number of hydrogen-bond acceptors (Lipinski definition) is 2. The smallest absolute Gasteiger partial charge is 0.292 e. The van der Waals surface area contributed by atoms with Crippen molar-refractivity contribution >= 4 is 0 Å². The molecule has 0 rings (SSSR count). The average Bonchev–Trinajstić information content (AvgIpc) is 2.16. The maximum atomic E-state index is 8.05. The van der Waals surface area contributed by atoms with Crippen LogP contribution in [0.3, 0.4) is 0 Å². The van der Waals surface area contributed by atoms with Gasteiger partial charge in [-0.3, -0.25) is 0 Å². The highest BCUT2D eigenvalue weighted by molar-refractivity contribution is 5.14. The molecule has 0 saturated heterocycles. The quantitative estimate of drug-likeness (QED) is 0.375. The van der Waals surface area contributed by atoms with Gasteiger partial charge >= 0.3 is 0 Å². The predicted molar refractivity (Wildman–Crippen MR) is 55.8 cm³/mol. The molecule has 0 unspecified atom stereocenters. The molecule has 0 fully saturated rings. The summed E-state index contributed by atoms with van der Waals surface area (Å²) in [6.07, 6.45) is 9.82. The Hall–Kier alpha value is -1.49. The van der Waals surface area contributed by atoms with Crippen LogP contribution in [0.4, 0.5) is 0 Å². The van der Waals surface area contributed by atoms with Crippen molar-refractivity contribution in [2.45, 2.75) is 27.2 Å². The average molecular weight is 179 g/mol. The van der Waals surface area contributed by atoms with Crippen LogP contribution in [-0.2, 0) is 4.74 Å². The van der Waals surface area contributed by atoms with Gasteiger partial charge in [0, 0.05) is 0 Å². The van der Waals surface area contributed by atoms with Crippen LogP contribution in [0.15, 0.2) is 36.6 Å². The molecule has 0 atom stereocenters. The summed E-state index contributed by atoms with van der Waals surface area (Å²) in [5, 5.41) is 8.05. The summed E-state index contributed by atoms with van der Waals surface area (Å²) >= 11 is 0. The van der Waals surface area contributed by atoms with Crippen LogP contribution in [0.25, 0.3) is 0 Å². The molecule has 2 heteroatoms. The molecule has 0 aliphatic heterocycles. The maximum Gasteiger partial charge on any atom is 0.292 e. The lowest BCUT2D eigenvalue weighted by Gasteiger charge is -1.88. The molecule has 72 valence electrons. The molecule has 0 aromatic heterocycles. The van der Waals surface area contributed by atoms with Crippen molar-refractivity contribution in [3.63, 3.8) is 0 Å². The van der Waals surface area contributed by atoms with Crippen LogP contribution in [-0.4, -0.2) is 0 Å². The summed E-state index contributed by atoms with van der Waals surface area (Å²) in [6, 6.07) is 0. The van der Waals surface area contributed by atoms with E-state index in [4.69, 9.17) is 5.26 Å². The summed E-state index contributed by atoms with van der Waals surface area (Å²) in [7, 11) is 0. The first-order valence-corrected chi connectivity index (χ1v) is 4.39. The Morgan fingerprint density at radius 1 is 1.46 bits per heavy atom. The van der Waals surface area contributed by atoms with Crippen LogP contribution >= 0.6 is 0 Å². The maximum absolute atomic E-state index is 8.05. The van der Waals surface area contributed by atoms with Gasteiger partial charge in [0.2, 0.25) is 0 Å². The largest absolute Gasteiger partial charge is 0.389 e. The molecule has 0 aliphatic carbocycles. The molecule has 0 spiro atoms. The first-order chi connectivity index (χ1) is 6.31. The summed E-state index contributed by atoms with van der Waals surface area (Å²) < 4.78 is 4.41. The Balaban J connectivity index is 0. The molecule has 0 heterocycles. The molecule has 0 aromatic carbocycles. The van der Waals surface area contributed by atoms with E-state index in [2.05, 4.69) is 11.3 Å². The lowest BCUT2D eigenvalue weighted by atomic mass is 10.4. The first-order valence-electron chi connectivity index (χ1n) is 4.39. The number of allylic oxidation sites excluding steroid dienone is 4. The zero-order chi connectivity index (χ0) is 10.5. The van der Waals surface area contributed by atoms with Crippen molar-refractivity contribution in [1.29, 1.82) is 5.26 Å². The Morgan fingerprint density at radius 2 is 2.08 bits per heavy atom. The molecular formula is C11H17NO. The van der Waals surface area contributed by atoms with Crippen LogP contribution in [0.5, 0.6) is 0 Å². The number of rotatable bonds is 4. The van der Waals surface area contributed by atoms with E-state index < -0.39 is 0 Å². The highest BCUT2D eigenvalue weighted by Crippen LogP contribution is 1.94. The molecule has 0 aromatic rings. The normalized spacial score (nSPS) is 9.08. The highest BCUT2D eigenvalue weighted by atomic mass is 16.5. The van der Waals surface area contributed by atoms with E-state index in [0.29, 0.717) is 5.76 Å². The minimum atomic E-state index is 0.355. The van der Waals surface area contributed by atoms with Crippen molar-refractivity contribution in [1.82, 2.24) is 0 Å². The minimum absolute atomic E-state index is 0.355. The third-order valence-corrected chi connectivity index (χ3v) is 0.942. The van der Waals surface area contributed by atoms with E-state index in [-0.39, 0.29) is 0 Å². The Kier molecular flexibility index (Phi) is 14.2. The van der Waals surface area contributed by atoms with Crippen molar-refractivity contribution in [2.24, 2.45) is 0 Å². The van der Waals surface area contributed by atoms with Gasteiger partial charge in [0.25, 0.3) is 6.26 Å². The van der Waals surface area contributed by atoms with Crippen LogP contribution in [0.2, 0.25) is 0 Å². The second kappa shape index (κ2) is 13.1.